The Morgan fingerprint density at radius 2 is 1.76 bits per heavy atom. The molecule has 0 radical (unpaired) electrons. The largest absolute Gasteiger partial charge is 0.333 e. The standard InChI is InChI=1S/C20H23N3O2/c1-13-4-7-16(8-5-13)21-20(25)22-17-11-19(24)23(12-17)18-9-6-14(2)15(3)10-18/h4-10,17H,11-12H2,1-3H3,(H2,21,22,25). The summed E-state index contributed by atoms with van der Waals surface area (Å²) in [5, 5.41) is 5.69. The van der Waals surface area contributed by atoms with Crippen LogP contribution in [0.15, 0.2) is 42.5 Å². The normalized spacial score (nSPS) is 16.8. The van der Waals surface area contributed by atoms with Gasteiger partial charge < -0.3 is 15.5 Å². The van der Waals surface area contributed by atoms with Gasteiger partial charge >= 0.3 is 6.03 Å². The molecule has 130 valence electrons. The SMILES string of the molecule is Cc1ccc(NC(=O)NC2CC(=O)N(c3ccc(C)c(C)c3)C2)cc1. The summed E-state index contributed by atoms with van der Waals surface area (Å²) in [6.45, 7) is 6.56. The van der Waals surface area contributed by atoms with Crippen LogP contribution in [-0.4, -0.2) is 24.5 Å². The van der Waals surface area contributed by atoms with Crippen molar-refractivity contribution < 1.29 is 9.59 Å². The van der Waals surface area contributed by atoms with Crippen molar-refractivity contribution in [1.82, 2.24) is 5.32 Å². The zero-order valence-electron chi connectivity index (χ0n) is 14.8. The van der Waals surface area contributed by atoms with E-state index in [1.807, 2.05) is 63.2 Å². The molecule has 1 atom stereocenters. The highest BCUT2D eigenvalue weighted by molar-refractivity contribution is 5.97. The summed E-state index contributed by atoms with van der Waals surface area (Å²) in [5.41, 5.74) is 5.10. The third-order valence-electron chi connectivity index (χ3n) is 4.57. The van der Waals surface area contributed by atoms with Gasteiger partial charge in [0.25, 0.3) is 0 Å². The van der Waals surface area contributed by atoms with Crippen molar-refractivity contribution in [3.05, 3.63) is 59.2 Å². The van der Waals surface area contributed by atoms with Gasteiger partial charge in [0.15, 0.2) is 0 Å². The van der Waals surface area contributed by atoms with Gasteiger partial charge in [0.2, 0.25) is 5.91 Å². The fourth-order valence-corrected chi connectivity index (χ4v) is 2.94. The Hall–Kier alpha value is -2.82. The first-order chi connectivity index (χ1) is 11.9. The van der Waals surface area contributed by atoms with Crippen molar-refractivity contribution in [3.8, 4) is 0 Å². The Bertz CT molecular complexity index is 799. The van der Waals surface area contributed by atoms with Gasteiger partial charge in [-0.25, -0.2) is 4.79 Å². The first-order valence-corrected chi connectivity index (χ1v) is 8.44. The highest BCUT2D eigenvalue weighted by Crippen LogP contribution is 2.24. The Labute approximate surface area is 148 Å². The number of hydrogen-bond donors (Lipinski definition) is 2. The van der Waals surface area contributed by atoms with Crippen LogP contribution in [0, 0.1) is 20.8 Å². The summed E-state index contributed by atoms with van der Waals surface area (Å²) in [6.07, 6.45) is 0.314. The van der Waals surface area contributed by atoms with E-state index in [4.69, 9.17) is 0 Å². The van der Waals surface area contributed by atoms with Crippen LogP contribution >= 0.6 is 0 Å². The average Bonchev–Trinajstić information content (AvgIpc) is 2.92. The molecule has 3 rings (SSSR count). The molecule has 0 saturated carbocycles. The lowest BCUT2D eigenvalue weighted by molar-refractivity contribution is -0.117. The minimum absolute atomic E-state index is 0.0314. The molecule has 5 heteroatoms. The van der Waals surface area contributed by atoms with Crippen LogP contribution in [0.1, 0.15) is 23.1 Å². The molecule has 2 aromatic carbocycles. The molecule has 1 unspecified atom stereocenters. The van der Waals surface area contributed by atoms with Gasteiger partial charge in [-0.15, -0.1) is 0 Å². The Kier molecular flexibility index (Phi) is 4.74. The number of benzene rings is 2. The van der Waals surface area contributed by atoms with Crippen molar-refractivity contribution in [3.63, 3.8) is 0 Å². The van der Waals surface area contributed by atoms with E-state index >= 15 is 0 Å². The van der Waals surface area contributed by atoms with E-state index in [9.17, 15) is 9.59 Å². The van der Waals surface area contributed by atoms with Crippen LogP contribution in [0.5, 0.6) is 0 Å². The number of carbonyl (C=O) groups is 2. The Morgan fingerprint density at radius 1 is 1.04 bits per heavy atom. The van der Waals surface area contributed by atoms with E-state index in [-0.39, 0.29) is 18.0 Å². The molecule has 25 heavy (non-hydrogen) atoms. The average molecular weight is 337 g/mol. The molecule has 1 saturated heterocycles. The number of amides is 3. The van der Waals surface area contributed by atoms with Crippen LogP contribution in [0.3, 0.4) is 0 Å². The zero-order valence-corrected chi connectivity index (χ0v) is 14.8. The maximum absolute atomic E-state index is 12.3. The molecule has 1 aliphatic heterocycles. The predicted molar refractivity (Wildman–Crippen MR) is 100 cm³/mol. The Morgan fingerprint density at radius 3 is 2.44 bits per heavy atom. The van der Waals surface area contributed by atoms with Crippen LogP contribution in [0.2, 0.25) is 0 Å². The fraction of sp³-hybridized carbons (Fsp3) is 0.300. The van der Waals surface area contributed by atoms with E-state index < -0.39 is 0 Å². The predicted octanol–water partition coefficient (Wildman–Crippen LogP) is 3.54. The van der Waals surface area contributed by atoms with E-state index in [1.165, 1.54) is 5.56 Å². The summed E-state index contributed by atoms with van der Waals surface area (Å²) in [5.74, 6) is 0.0314. The number of carbonyl (C=O) groups excluding carboxylic acids is 2. The molecule has 2 aromatic rings. The number of anilines is 2. The van der Waals surface area contributed by atoms with Gasteiger partial charge in [0.1, 0.15) is 0 Å². The summed E-state index contributed by atoms with van der Waals surface area (Å²) in [7, 11) is 0. The van der Waals surface area contributed by atoms with Gasteiger partial charge in [-0.05, 0) is 56.2 Å². The van der Waals surface area contributed by atoms with Gasteiger partial charge in [0.05, 0.1) is 6.04 Å². The topological polar surface area (TPSA) is 61.4 Å². The second-order valence-electron chi connectivity index (χ2n) is 6.64. The number of nitrogens with one attached hydrogen (secondary N) is 2. The molecular formula is C20H23N3O2. The molecule has 5 nitrogen and oxygen atoms in total. The van der Waals surface area contributed by atoms with Gasteiger partial charge in [0, 0.05) is 24.3 Å². The summed E-state index contributed by atoms with van der Waals surface area (Å²) in [4.78, 5) is 26.2. The molecule has 0 aliphatic carbocycles. The minimum atomic E-state index is -0.288. The molecule has 1 aliphatic rings. The van der Waals surface area contributed by atoms with E-state index in [0.717, 1.165) is 22.5 Å². The first kappa shape index (κ1) is 17.0. The lowest BCUT2D eigenvalue weighted by atomic mass is 10.1. The first-order valence-electron chi connectivity index (χ1n) is 8.44. The molecule has 0 spiro atoms. The minimum Gasteiger partial charge on any atom is -0.333 e. The van der Waals surface area contributed by atoms with Gasteiger partial charge in [-0.1, -0.05) is 23.8 Å². The van der Waals surface area contributed by atoms with Crippen molar-refractivity contribution in [2.75, 3.05) is 16.8 Å². The third-order valence-corrected chi connectivity index (χ3v) is 4.57. The van der Waals surface area contributed by atoms with Gasteiger partial charge in [-0.3, -0.25) is 4.79 Å². The van der Waals surface area contributed by atoms with Crippen LogP contribution in [-0.2, 0) is 4.79 Å². The van der Waals surface area contributed by atoms with E-state index in [0.29, 0.717) is 13.0 Å². The quantitative estimate of drug-likeness (QED) is 0.900. The molecule has 0 aromatic heterocycles. The van der Waals surface area contributed by atoms with Crippen molar-refractivity contribution in [1.29, 1.82) is 0 Å². The van der Waals surface area contributed by atoms with Crippen LogP contribution < -0.4 is 15.5 Å². The lowest BCUT2D eigenvalue weighted by Gasteiger charge is -2.18. The fourth-order valence-electron chi connectivity index (χ4n) is 2.94. The zero-order chi connectivity index (χ0) is 18.0. The highest BCUT2D eigenvalue weighted by Gasteiger charge is 2.31. The van der Waals surface area contributed by atoms with E-state index in [1.54, 1.807) is 4.90 Å². The highest BCUT2D eigenvalue weighted by atomic mass is 16.2. The number of nitrogens with zero attached hydrogens (tertiary/aromatic N) is 1. The van der Waals surface area contributed by atoms with E-state index in [2.05, 4.69) is 10.6 Å². The third kappa shape index (κ3) is 3.99. The van der Waals surface area contributed by atoms with Crippen molar-refractivity contribution in [2.45, 2.75) is 33.2 Å². The maximum Gasteiger partial charge on any atom is 0.319 e. The summed E-state index contributed by atoms with van der Waals surface area (Å²) >= 11 is 0. The van der Waals surface area contributed by atoms with Crippen LogP contribution in [0.25, 0.3) is 0 Å². The molecule has 2 N–H and O–H groups in total. The second kappa shape index (κ2) is 6.97. The van der Waals surface area contributed by atoms with Crippen molar-refractivity contribution >= 4 is 23.3 Å². The maximum atomic E-state index is 12.3. The summed E-state index contributed by atoms with van der Waals surface area (Å²) < 4.78 is 0. The Balaban J connectivity index is 1.61. The second-order valence-corrected chi connectivity index (χ2v) is 6.64. The van der Waals surface area contributed by atoms with Crippen molar-refractivity contribution in [2.24, 2.45) is 0 Å². The lowest BCUT2D eigenvalue weighted by Crippen LogP contribution is -2.39. The number of hydrogen-bond acceptors (Lipinski definition) is 2. The smallest absolute Gasteiger partial charge is 0.319 e. The van der Waals surface area contributed by atoms with Gasteiger partial charge in [-0.2, -0.15) is 0 Å². The monoisotopic (exact) mass is 337 g/mol. The number of urea groups is 1. The molecule has 3 amide bonds. The number of aryl methyl sites for hydroxylation is 3. The molecular weight excluding hydrogens is 314 g/mol. The molecule has 1 heterocycles. The summed E-state index contributed by atoms with van der Waals surface area (Å²) in [6, 6.07) is 13.1. The van der Waals surface area contributed by atoms with Crippen LogP contribution in [0.4, 0.5) is 16.2 Å². The molecule has 1 fully saturated rings. The molecule has 0 bridgehead atoms. The number of rotatable bonds is 3.